The van der Waals surface area contributed by atoms with Crippen LogP contribution in [-0.4, -0.2) is 6.54 Å². The van der Waals surface area contributed by atoms with Crippen LogP contribution in [0, 0.1) is 11.8 Å². The van der Waals surface area contributed by atoms with E-state index in [0.717, 1.165) is 24.1 Å². The van der Waals surface area contributed by atoms with E-state index in [4.69, 9.17) is 28.9 Å². The van der Waals surface area contributed by atoms with Gasteiger partial charge >= 0.3 is 0 Å². The summed E-state index contributed by atoms with van der Waals surface area (Å²) in [4.78, 5) is 0. The molecule has 1 aromatic carbocycles. The third-order valence-corrected chi connectivity index (χ3v) is 4.20. The minimum atomic E-state index is 0.504. The smallest absolute Gasteiger partial charge is 0.0614 e. The van der Waals surface area contributed by atoms with Crippen molar-refractivity contribution in [1.82, 2.24) is 0 Å². The number of nitrogen functional groups attached to an aromatic ring is 1. The summed E-state index contributed by atoms with van der Waals surface area (Å²) >= 11 is 11.9. The predicted octanol–water partition coefficient (Wildman–Crippen LogP) is 4.42. The topological polar surface area (TPSA) is 38.0 Å². The maximum Gasteiger partial charge on any atom is 0.0614 e. The van der Waals surface area contributed by atoms with Gasteiger partial charge in [-0.3, -0.25) is 0 Å². The van der Waals surface area contributed by atoms with E-state index in [1.165, 1.54) is 19.3 Å². The lowest BCUT2D eigenvalue weighted by atomic mass is 10.1. The van der Waals surface area contributed by atoms with E-state index in [1.54, 1.807) is 12.1 Å². The van der Waals surface area contributed by atoms with Crippen LogP contribution in [-0.2, 0) is 0 Å². The van der Waals surface area contributed by atoms with Gasteiger partial charge in [0.1, 0.15) is 0 Å². The van der Waals surface area contributed by atoms with Crippen LogP contribution in [0.5, 0.6) is 0 Å². The summed E-state index contributed by atoms with van der Waals surface area (Å²) in [6.07, 6.45) is 3.94. The number of benzene rings is 1. The molecule has 94 valence electrons. The molecule has 3 N–H and O–H groups in total. The molecule has 0 bridgehead atoms. The molecule has 0 amide bonds. The molecule has 2 nitrogen and oxygen atoms in total. The summed E-state index contributed by atoms with van der Waals surface area (Å²) in [5.74, 6) is 1.60. The van der Waals surface area contributed by atoms with Crippen LogP contribution in [0.15, 0.2) is 12.1 Å². The molecular weight excluding hydrogens is 255 g/mol. The Kier molecular flexibility index (Phi) is 4.05. The molecule has 1 aliphatic carbocycles. The molecule has 2 rings (SSSR count). The number of hydrogen-bond donors (Lipinski definition) is 2. The third kappa shape index (κ3) is 3.20. The molecule has 2 unspecified atom stereocenters. The van der Waals surface area contributed by atoms with Gasteiger partial charge in [-0.05, 0) is 36.8 Å². The maximum absolute atomic E-state index is 5.98. The monoisotopic (exact) mass is 272 g/mol. The maximum atomic E-state index is 5.98. The van der Waals surface area contributed by atoms with E-state index < -0.39 is 0 Å². The molecule has 0 radical (unpaired) electrons. The van der Waals surface area contributed by atoms with E-state index in [1.807, 2.05) is 0 Å². The zero-order chi connectivity index (χ0) is 12.4. The van der Waals surface area contributed by atoms with Crippen LogP contribution in [0.2, 0.25) is 10.0 Å². The number of hydrogen-bond acceptors (Lipinski definition) is 2. The normalized spacial score (nSPS) is 23.9. The van der Waals surface area contributed by atoms with Gasteiger partial charge in [0, 0.05) is 6.54 Å². The molecule has 0 aromatic heterocycles. The van der Waals surface area contributed by atoms with Crippen molar-refractivity contribution in [1.29, 1.82) is 0 Å². The van der Waals surface area contributed by atoms with Crippen molar-refractivity contribution in [3.05, 3.63) is 22.2 Å². The molecule has 1 aromatic rings. The molecule has 17 heavy (non-hydrogen) atoms. The van der Waals surface area contributed by atoms with E-state index in [9.17, 15) is 0 Å². The Bertz CT molecular complexity index is 407. The highest BCUT2D eigenvalue weighted by atomic mass is 35.5. The summed E-state index contributed by atoms with van der Waals surface area (Å²) in [7, 11) is 0. The average Bonchev–Trinajstić information content (AvgIpc) is 2.68. The van der Waals surface area contributed by atoms with Crippen molar-refractivity contribution in [2.45, 2.75) is 26.2 Å². The highest BCUT2D eigenvalue weighted by Crippen LogP contribution is 2.33. The number of rotatable bonds is 3. The van der Waals surface area contributed by atoms with Gasteiger partial charge < -0.3 is 11.1 Å². The molecule has 1 saturated carbocycles. The van der Waals surface area contributed by atoms with Crippen molar-refractivity contribution < 1.29 is 0 Å². The van der Waals surface area contributed by atoms with Crippen LogP contribution >= 0.6 is 23.2 Å². The summed E-state index contributed by atoms with van der Waals surface area (Å²) in [5.41, 5.74) is 7.44. The lowest BCUT2D eigenvalue weighted by Crippen LogP contribution is -2.12. The molecule has 0 heterocycles. The van der Waals surface area contributed by atoms with Crippen molar-refractivity contribution in [2.75, 3.05) is 17.6 Å². The second-order valence-electron chi connectivity index (χ2n) is 5.02. The summed E-state index contributed by atoms with van der Waals surface area (Å²) in [6, 6.07) is 3.50. The molecular formula is C13H18Cl2N2. The summed E-state index contributed by atoms with van der Waals surface area (Å²) < 4.78 is 0. The number of nitrogens with two attached hydrogens (primary N) is 1. The second kappa shape index (κ2) is 5.36. The third-order valence-electron chi connectivity index (χ3n) is 3.48. The first-order valence-electron chi connectivity index (χ1n) is 6.04. The summed E-state index contributed by atoms with van der Waals surface area (Å²) in [5, 5.41) is 4.42. The molecule has 0 aliphatic heterocycles. The van der Waals surface area contributed by atoms with Crippen molar-refractivity contribution in [3.8, 4) is 0 Å². The lowest BCUT2D eigenvalue weighted by molar-refractivity contribution is 0.537. The fourth-order valence-electron chi connectivity index (χ4n) is 2.48. The van der Waals surface area contributed by atoms with Gasteiger partial charge in [0.25, 0.3) is 0 Å². The fraction of sp³-hybridized carbons (Fsp3) is 0.538. The molecule has 4 heteroatoms. The Morgan fingerprint density at radius 3 is 2.65 bits per heavy atom. The van der Waals surface area contributed by atoms with E-state index >= 15 is 0 Å². The van der Waals surface area contributed by atoms with Gasteiger partial charge in [0.2, 0.25) is 0 Å². The predicted molar refractivity (Wildman–Crippen MR) is 75.9 cm³/mol. The Balaban J connectivity index is 1.97. The van der Waals surface area contributed by atoms with E-state index in [0.29, 0.717) is 15.7 Å². The van der Waals surface area contributed by atoms with Gasteiger partial charge in [0.05, 0.1) is 21.4 Å². The number of halogens is 2. The largest absolute Gasteiger partial charge is 0.397 e. The highest BCUT2D eigenvalue weighted by molar-refractivity contribution is 6.42. The van der Waals surface area contributed by atoms with Gasteiger partial charge in [-0.15, -0.1) is 0 Å². The minimum Gasteiger partial charge on any atom is -0.397 e. The van der Waals surface area contributed by atoms with E-state index in [-0.39, 0.29) is 0 Å². The Labute approximate surface area is 112 Å². The first-order valence-corrected chi connectivity index (χ1v) is 6.80. The minimum absolute atomic E-state index is 0.504. The van der Waals surface area contributed by atoms with Gasteiger partial charge in [-0.25, -0.2) is 0 Å². The molecule has 0 saturated heterocycles. The van der Waals surface area contributed by atoms with Crippen molar-refractivity contribution in [3.63, 3.8) is 0 Å². The SMILES string of the molecule is CC1CCC(CNc2cc(Cl)c(Cl)cc2N)C1. The highest BCUT2D eigenvalue weighted by Gasteiger charge is 2.21. The fourth-order valence-corrected chi connectivity index (χ4v) is 2.82. The van der Waals surface area contributed by atoms with Crippen LogP contribution in [0.1, 0.15) is 26.2 Å². The van der Waals surface area contributed by atoms with Crippen molar-refractivity contribution >= 4 is 34.6 Å². The molecule has 2 atom stereocenters. The number of nitrogens with one attached hydrogen (secondary N) is 1. The standard InChI is InChI=1S/C13H18Cl2N2/c1-8-2-3-9(4-8)7-17-13-6-11(15)10(14)5-12(13)16/h5-6,8-9,17H,2-4,7,16H2,1H3. The second-order valence-corrected chi connectivity index (χ2v) is 5.83. The quantitative estimate of drug-likeness (QED) is 0.800. The number of anilines is 2. The molecule has 0 spiro atoms. The van der Waals surface area contributed by atoms with Crippen LogP contribution in [0.4, 0.5) is 11.4 Å². The zero-order valence-corrected chi connectivity index (χ0v) is 11.5. The first kappa shape index (κ1) is 12.8. The van der Waals surface area contributed by atoms with Crippen LogP contribution in [0.3, 0.4) is 0 Å². The Hall–Kier alpha value is -0.600. The van der Waals surface area contributed by atoms with Gasteiger partial charge in [0.15, 0.2) is 0 Å². The summed E-state index contributed by atoms with van der Waals surface area (Å²) in [6.45, 7) is 3.28. The van der Waals surface area contributed by atoms with Crippen LogP contribution < -0.4 is 11.1 Å². The van der Waals surface area contributed by atoms with Crippen molar-refractivity contribution in [2.24, 2.45) is 11.8 Å². The van der Waals surface area contributed by atoms with Crippen LogP contribution in [0.25, 0.3) is 0 Å². The first-order chi connectivity index (χ1) is 8.06. The molecule has 1 fully saturated rings. The lowest BCUT2D eigenvalue weighted by Gasteiger charge is -2.14. The Morgan fingerprint density at radius 1 is 1.29 bits per heavy atom. The van der Waals surface area contributed by atoms with Gasteiger partial charge in [-0.2, -0.15) is 0 Å². The zero-order valence-electron chi connectivity index (χ0n) is 9.97. The Morgan fingerprint density at radius 2 is 2.00 bits per heavy atom. The van der Waals surface area contributed by atoms with E-state index in [2.05, 4.69) is 12.2 Å². The average molecular weight is 273 g/mol. The van der Waals surface area contributed by atoms with Gasteiger partial charge in [-0.1, -0.05) is 36.5 Å². The molecule has 1 aliphatic rings.